The van der Waals surface area contributed by atoms with Crippen LogP contribution in [0.25, 0.3) is 0 Å². The smallest absolute Gasteiger partial charge is 0.129 e. The van der Waals surface area contributed by atoms with Gasteiger partial charge in [0.25, 0.3) is 0 Å². The largest absolute Gasteiger partial charge is 0.393 e. The number of pyridine rings is 1. The lowest BCUT2D eigenvalue weighted by atomic mass is 9.82. The molecule has 15 heavy (non-hydrogen) atoms. The molecule has 1 heterocycles. The Balaban J connectivity index is 1.93. The highest BCUT2D eigenvalue weighted by atomic mass is 79.9. The lowest BCUT2D eigenvalue weighted by Gasteiger charge is -2.34. The second-order valence-electron chi connectivity index (χ2n) is 4.19. The molecule has 1 aromatic heterocycles. The number of rotatable bonds is 3. The number of halogens is 1. The van der Waals surface area contributed by atoms with Crippen LogP contribution in [-0.2, 0) is 0 Å². The molecule has 0 unspecified atom stereocenters. The van der Waals surface area contributed by atoms with Crippen molar-refractivity contribution in [2.75, 3.05) is 18.5 Å². The summed E-state index contributed by atoms with van der Waals surface area (Å²) >= 11 is 3.36. The van der Waals surface area contributed by atoms with Crippen molar-refractivity contribution in [1.82, 2.24) is 4.98 Å². The van der Waals surface area contributed by atoms with Crippen molar-refractivity contribution in [3.63, 3.8) is 0 Å². The summed E-state index contributed by atoms with van der Waals surface area (Å²) in [5.74, 6) is 1.59. The second kappa shape index (κ2) is 4.49. The molecule has 0 spiro atoms. The van der Waals surface area contributed by atoms with Gasteiger partial charge in [-0.3, -0.25) is 0 Å². The van der Waals surface area contributed by atoms with Crippen LogP contribution in [0.15, 0.2) is 22.8 Å². The number of nitrogens with zero attached hydrogens (tertiary/aromatic N) is 2. The molecule has 0 aromatic carbocycles. The van der Waals surface area contributed by atoms with Crippen LogP contribution in [-0.4, -0.2) is 29.8 Å². The first-order valence-electron chi connectivity index (χ1n) is 5.17. The fraction of sp³-hybridized carbons (Fsp3) is 0.545. The van der Waals surface area contributed by atoms with Crippen molar-refractivity contribution in [3.05, 3.63) is 22.8 Å². The first kappa shape index (κ1) is 10.9. The zero-order chi connectivity index (χ0) is 10.8. The summed E-state index contributed by atoms with van der Waals surface area (Å²) in [4.78, 5) is 6.52. The van der Waals surface area contributed by atoms with Gasteiger partial charge in [-0.05, 0) is 46.8 Å². The summed E-state index contributed by atoms with van der Waals surface area (Å²) < 4.78 is 0.862. The Bertz CT molecular complexity index is 339. The van der Waals surface area contributed by atoms with E-state index in [1.807, 2.05) is 25.2 Å². The molecule has 2 rings (SSSR count). The Morgan fingerprint density at radius 3 is 2.87 bits per heavy atom. The van der Waals surface area contributed by atoms with Crippen molar-refractivity contribution < 1.29 is 5.11 Å². The van der Waals surface area contributed by atoms with E-state index in [-0.39, 0.29) is 6.10 Å². The van der Waals surface area contributed by atoms with E-state index < -0.39 is 0 Å². The average Bonchev–Trinajstić information content (AvgIpc) is 2.15. The van der Waals surface area contributed by atoms with Gasteiger partial charge in [-0.1, -0.05) is 6.07 Å². The number of hydrogen-bond donors (Lipinski definition) is 1. The third kappa shape index (κ3) is 2.69. The number of aromatic nitrogens is 1. The Labute approximate surface area is 98.3 Å². The molecule has 0 saturated heterocycles. The van der Waals surface area contributed by atoms with Crippen LogP contribution < -0.4 is 4.90 Å². The van der Waals surface area contributed by atoms with E-state index in [0.717, 1.165) is 29.8 Å². The quantitative estimate of drug-likeness (QED) is 0.855. The third-order valence-corrected chi connectivity index (χ3v) is 3.28. The van der Waals surface area contributed by atoms with E-state index >= 15 is 0 Å². The van der Waals surface area contributed by atoms with Gasteiger partial charge < -0.3 is 10.0 Å². The molecule has 4 heteroatoms. The Morgan fingerprint density at radius 1 is 1.53 bits per heavy atom. The summed E-state index contributed by atoms with van der Waals surface area (Å²) in [6.07, 6.45) is 1.79. The van der Waals surface area contributed by atoms with Gasteiger partial charge in [-0.2, -0.15) is 0 Å². The minimum Gasteiger partial charge on any atom is -0.393 e. The molecule has 0 aliphatic heterocycles. The normalized spacial score (nSPS) is 24.7. The average molecular weight is 271 g/mol. The second-order valence-corrected chi connectivity index (χ2v) is 5.00. The molecule has 0 bridgehead atoms. The van der Waals surface area contributed by atoms with Gasteiger partial charge >= 0.3 is 0 Å². The SMILES string of the molecule is CN(CC1CC(O)C1)c1cccc(Br)n1. The molecular formula is C11H15BrN2O. The summed E-state index contributed by atoms with van der Waals surface area (Å²) in [5.41, 5.74) is 0. The maximum atomic E-state index is 9.20. The predicted octanol–water partition coefficient (Wildman–Crippen LogP) is 2.05. The van der Waals surface area contributed by atoms with Crippen LogP contribution >= 0.6 is 15.9 Å². The van der Waals surface area contributed by atoms with Gasteiger partial charge in [-0.15, -0.1) is 0 Å². The van der Waals surface area contributed by atoms with Crippen LogP contribution in [0.5, 0.6) is 0 Å². The van der Waals surface area contributed by atoms with Crippen molar-refractivity contribution in [1.29, 1.82) is 0 Å². The van der Waals surface area contributed by atoms with Crippen molar-refractivity contribution >= 4 is 21.7 Å². The fourth-order valence-electron chi connectivity index (χ4n) is 1.94. The maximum Gasteiger partial charge on any atom is 0.129 e. The van der Waals surface area contributed by atoms with Crippen molar-refractivity contribution in [2.24, 2.45) is 5.92 Å². The van der Waals surface area contributed by atoms with Gasteiger partial charge in [0.1, 0.15) is 10.4 Å². The van der Waals surface area contributed by atoms with Gasteiger partial charge in [0.05, 0.1) is 6.10 Å². The van der Waals surface area contributed by atoms with Crippen LogP contribution in [0, 0.1) is 5.92 Å². The van der Waals surface area contributed by atoms with Crippen molar-refractivity contribution in [3.8, 4) is 0 Å². The topological polar surface area (TPSA) is 36.4 Å². The van der Waals surface area contributed by atoms with Crippen LogP contribution in [0.4, 0.5) is 5.82 Å². The van der Waals surface area contributed by atoms with Gasteiger partial charge in [0, 0.05) is 13.6 Å². The third-order valence-electron chi connectivity index (χ3n) is 2.83. The van der Waals surface area contributed by atoms with Gasteiger partial charge in [-0.25, -0.2) is 4.98 Å². The van der Waals surface area contributed by atoms with Gasteiger partial charge in [0.15, 0.2) is 0 Å². The molecule has 0 radical (unpaired) electrons. The number of hydrogen-bond acceptors (Lipinski definition) is 3. The number of anilines is 1. The lowest BCUT2D eigenvalue weighted by molar-refractivity contribution is 0.0464. The van der Waals surface area contributed by atoms with E-state index in [4.69, 9.17) is 0 Å². The predicted molar refractivity (Wildman–Crippen MR) is 63.9 cm³/mol. The summed E-state index contributed by atoms with van der Waals surface area (Å²) in [7, 11) is 2.04. The molecule has 1 N–H and O–H groups in total. The van der Waals surface area contributed by atoms with E-state index in [1.165, 1.54) is 0 Å². The highest BCUT2D eigenvalue weighted by Gasteiger charge is 2.28. The highest BCUT2D eigenvalue weighted by molar-refractivity contribution is 9.10. The highest BCUT2D eigenvalue weighted by Crippen LogP contribution is 2.28. The molecule has 0 amide bonds. The maximum absolute atomic E-state index is 9.20. The minimum absolute atomic E-state index is 0.0705. The first-order chi connectivity index (χ1) is 7.15. The van der Waals surface area contributed by atoms with E-state index in [1.54, 1.807) is 0 Å². The lowest BCUT2D eigenvalue weighted by Crippen LogP contribution is -2.37. The molecule has 1 saturated carbocycles. The van der Waals surface area contributed by atoms with E-state index in [9.17, 15) is 5.11 Å². The molecule has 1 aliphatic carbocycles. The summed E-state index contributed by atoms with van der Waals surface area (Å²) in [6.45, 7) is 0.973. The first-order valence-corrected chi connectivity index (χ1v) is 5.96. The van der Waals surface area contributed by atoms with Crippen molar-refractivity contribution in [2.45, 2.75) is 18.9 Å². The Kier molecular flexibility index (Phi) is 3.26. The summed E-state index contributed by atoms with van der Waals surface area (Å²) in [6, 6.07) is 5.91. The van der Waals surface area contributed by atoms with Crippen LogP contribution in [0.3, 0.4) is 0 Å². The van der Waals surface area contributed by atoms with E-state index in [0.29, 0.717) is 5.92 Å². The minimum atomic E-state index is -0.0705. The molecule has 82 valence electrons. The summed E-state index contributed by atoms with van der Waals surface area (Å²) in [5, 5.41) is 9.20. The molecular weight excluding hydrogens is 256 g/mol. The molecule has 0 atom stereocenters. The molecule has 1 aliphatic rings. The van der Waals surface area contributed by atoms with Gasteiger partial charge in [0.2, 0.25) is 0 Å². The fourth-order valence-corrected chi connectivity index (χ4v) is 2.27. The molecule has 1 aromatic rings. The molecule has 3 nitrogen and oxygen atoms in total. The number of aliphatic hydroxyl groups is 1. The van der Waals surface area contributed by atoms with Crippen LogP contribution in [0.2, 0.25) is 0 Å². The number of aliphatic hydroxyl groups excluding tert-OH is 1. The Hall–Kier alpha value is -0.610. The monoisotopic (exact) mass is 270 g/mol. The molecule has 1 fully saturated rings. The Morgan fingerprint density at radius 2 is 2.27 bits per heavy atom. The standard InChI is InChI=1S/C11H15BrN2O/c1-14(7-8-5-9(15)6-8)11-4-2-3-10(12)13-11/h2-4,8-9,15H,5-7H2,1H3. The zero-order valence-corrected chi connectivity index (χ0v) is 10.3. The van der Waals surface area contributed by atoms with E-state index in [2.05, 4.69) is 25.8 Å². The zero-order valence-electron chi connectivity index (χ0n) is 8.73. The van der Waals surface area contributed by atoms with Crippen LogP contribution in [0.1, 0.15) is 12.8 Å².